The summed E-state index contributed by atoms with van der Waals surface area (Å²) in [7, 11) is -0.700. The van der Waals surface area contributed by atoms with Crippen LogP contribution in [0.5, 0.6) is 0 Å². The quantitative estimate of drug-likeness (QED) is 0.662. The zero-order valence-electron chi connectivity index (χ0n) is 12.6. The molecule has 0 N–H and O–H groups in total. The minimum Gasteiger partial charge on any atom is -0.382 e. The van der Waals surface area contributed by atoms with Crippen molar-refractivity contribution in [3.05, 3.63) is 0 Å². The van der Waals surface area contributed by atoms with E-state index in [0.29, 0.717) is 0 Å². The third kappa shape index (κ3) is 3.63. The molecule has 0 aromatic rings. The van der Waals surface area contributed by atoms with Crippen LogP contribution >= 0.6 is 0 Å². The second kappa shape index (κ2) is 7.26. The molecule has 3 rings (SSSR count). The van der Waals surface area contributed by atoms with Gasteiger partial charge in [0.25, 0.3) is 0 Å². The van der Waals surface area contributed by atoms with Crippen molar-refractivity contribution < 1.29 is 4.74 Å². The molecule has 1 nitrogen and oxygen atoms in total. The van der Waals surface area contributed by atoms with Crippen LogP contribution in [-0.2, 0) is 4.74 Å². The summed E-state index contributed by atoms with van der Waals surface area (Å²) in [6, 6.07) is 0. The van der Waals surface area contributed by atoms with Gasteiger partial charge in [-0.15, -0.1) is 0 Å². The Morgan fingerprint density at radius 1 is 0.579 bits per heavy atom. The predicted molar refractivity (Wildman–Crippen MR) is 84.4 cm³/mol. The minimum atomic E-state index is -0.700. The second-order valence-corrected chi connectivity index (χ2v) is 11.1. The molecule has 1 atom stereocenters. The molecule has 0 aromatic heterocycles. The Morgan fingerprint density at radius 2 is 1.11 bits per heavy atom. The van der Waals surface area contributed by atoms with Crippen LogP contribution in [0.4, 0.5) is 0 Å². The molecule has 3 fully saturated rings. The van der Waals surface area contributed by atoms with Gasteiger partial charge in [-0.1, -0.05) is 64.2 Å². The molecule has 2 heteroatoms. The van der Waals surface area contributed by atoms with Crippen molar-refractivity contribution in [2.75, 3.05) is 6.61 Å². The molecule has 1 unspecified atom stereocenters. The van der Waals surface area contributed by atoms with Crippen molar-refractivity contribution in [1.82, 2.24) is 0 Å². The summed E-state index contributed by atoms with van der Waals surface area (Å²) in [5.41, 5.74) is 3.04. The van der Waals surface area contributed by atoms with Gasteiger partial charge in [-0.3, -0.25) is 0 Å². The van der Waals surface area contributed by atoms with Gasteiger partial charge in [-0.05, 0) is 30.3 Å². The van der Waals surface area contributed by atoms with Crippen LogP contribution in [0.2, 0.25) is 11.1 Å². The van der Waals surface area contributed by atoms with E-state index in [9.17, 15) is 0 Å². The molecule has 19 heavy (non-hydrogen) atoms. The predicted octanol–water partition coefficient (Wildman–Crippen LogP) is 4.99. The molecule has 2 aliphatic carbocycles. The highest BCUT2D eigenvalue weighted by atomic mass is 28.3. The van der Waals surface area contributed by atoms with Crippen LogP contribution in [0.25, 0.3) is 0 Å². The first kappa shape index (κ1) is 14.1. The van der Waals surface area contributed by atoms with E-state index >= 15 is 0 Å². The first-order chi connectivity index (χ1) is 9.45. The van der Waals surface area contributed by atoms with Crippen molar-refractivity contribution in [2.24, 2.45) is 0 Å². The average molecular weight is 281 g/mol. The van der Waals surface area contributed by atoms with Gasteiger partial charge >= 0.3 is 0 Å². The van der Waals surface area contributed by atoms with Crippen molar-refractivity contribution in [3.63, 3.8) is 0 Å². The lowest BCUT2D eigenvalue weighted by molar-refractivity contribution is 0.0592. The fraction of sp³-hybridized carbons (Fsp3) is 1.00. The molecule has 110 valence electrons. The normalized spacial score (nSPS) is 31.7. The third-order valence-electron chi connectivity index (χ3n) is 6.03. The van der Waals surface area contributed by atoms with Crippen LogP contribution < -0.4 is 0 Å². The average Bonchev–Trinajstić information content (AvgIpc) is 2.51. The van der Waals surface area contributed by atoms with Gasteiger partial charge in [0.15, 0.2) is 0 Å². The van der Waals surface area contributed by atoms with Crippen LogP contribution in [0.3, 0.4) is 0 Å². The van der Waals surface area contributed by atoms with Gasteiger partial charge in [-0.25, -0.2) is 0 Å². The molecule has 0 spiro atoms. The van der Waals surface area contributed by atoms with E-state index < -0.39 is 8.80 Å². The van der Waals surface area contributed by atoms with Crippen molar-refractivity contribution in [2.45, 2.75) is 100 Å². The summed E-state index contributed by atoms with van der Waals surface area (Å²) in [4.78, 5) is 0. The number of hydrogen-bond donors (Lipinski definition) is 0. The molecule has 0 bridgehead atoms. The van der Waals surface area contributed by atoms with Gasteiger partial charge in [0.05, 0.1) is 8.80 Å². The highest BCUT2D eigenvalue weighted by molar-refractivity contribution is 6.63. The lowest BCUT2D eigenvalue weighted by atomic mass is 9.99. The molecular weight excluding hydrogens is 248 g/mol. The zero-order valence-corrected chi connectivity index (χ0v) is 13.8. The van der Waals surface area contributed by atoms with E-state index in [1.807, 2.05) is 0 Å². The summed E-state index contributed by atoms with van der Waals surface area (Å²) in [5.74, 6) is 0. The van der Waals surface area contributed by atoms with E-state index in [2.05, 4.69) is 0 Å². The SMILES string of the molecule is C1CCC([SiH](C2CCCCC2)C2CCCCO2)CC1. The van der Waals surface area contributed by atoms with Crippen LogP contribution in [0, 0.1) is 0 Å². The zero-order chi connectivity index (χ0) is 12.9. The Morgan fingerprint density at radius 3 is 1.58 bits per heavy atom. The third-order valence-corrected chi connectivity index (χ3v) is 10.9. The van der Waals surface area contributed by atoms with Crippen LogP contribution in [0.1, 0.15) is 83.5 Å². The lowest BCUT2D eigenvalue weighted by Crippen LogP contribution is -2.44. The molecule has 2 saturated carbocycles. The maximum absolute atomic E-state index is 6.31. The summed E-state index contributed by atoms with van der Waals surface area (Å²) in [6.07, 6.45) is 19.6. The van der Waals surface area contributed by atoms with E-state index in [-0.39, 0.29) is 0 Å². The molecule has 0 amide bonds. The van der Waals surface area contributed by atoms with E-state index in [1.54, 1.807) is 25.7 Å². The Balaban J connectivity index is 1.68. The number of hydrogen-bond acceptors (Lipinski definition) is 1. The minimum absolute atomic E-state index is 0.700. The molecule has 1 aliphatic heterocycles. The largest absolute Gasteiger partial charge is 0.382 e. The Hall–Kier alpha value is 0.177. The van der Waals surface area contributed by atoms with Gasteiger partial charge in [0.1, 0.15) is 0 Å². The van der Waals surface area contributed by atoms with Gasteiger partial charge in [0.2, 0.25) is 0 Å². The Labute approximate surface area is 121 Å². The Kier molecular flexibility index (Phi) is 5.40. The fourth-order valence-electron chi connectivity index (χ4n) is 5.10. The van der Waals surface area contributed by atoms with Gasteiger partial charge in [-0.2, -0.15) is 0 Å². The second-order valence-electron chi connectivity index (χ2n) is 7.28. The summed E-state index contributed by atoms with van der Waals surface area (Å²) < 4.78 is 6.31. The maximum atomic E-state index is 6.31. The summed E-state index contributed by atoms with van der Waals surface area (Å²) >= 11 is 0. The fourth-order valence-corrected chi connectivity index (χ4v) is 10.5. The highest BCUT2D eigenvalue weighted by Gasteiger charge is 2.39. The van der Waals surface area contributed by atoms with Gasteiger partial charge < -0.3 is 4.74 Å². The molecule has 3 aliphatic rings. The van der Waals surface area contributed by atoms with Gasteiger partial charge in [0, 0.05) is 12.3 Å². The number of ether oxygens (including phenoxy) is 1. The summed E-state index contributed by atoms with van der Waals surface area (Å²) in [5, 5.41) is 0. The lowest BCUT2D eigenvalue weighted by Gasteiger charge is -2.42. The van der Waals surface area contributed by atoms with Crippen LogP contribution in [0.15, 0.2) is 0 Å². The van der Waals surface area contributed by atoms with E-state index in [0.717, 1.165) is 23.4 Å². The van der Waals surface area contributed by atoms with Crippen LogP contribution in [-0.4, -0.2) is 21.1 Å². The highest BCUT2D eigenvalue weighted by Crippen LogP contribution is 2.44. The molecule has 0 aromatic carbocycles. The van der Waals surface area contributed by atoms with Crippen molar-refractivity contribution in [1.29, 1.82) is 0 Å². The molecular formula is C17H32OSi. The Bertz CT molecular complexity index is 207. The molecule has 1 heterocycles. The first-order valence-corrected chi connectivity index (χ1v) is 11.1. The number of rotatable bonds is 3. The maximum Gasteiger partial charge on any atom is 0.0778 e. The smallest absolute Gasteiger partial charge is 0.0778 e. The molecule has 1 saturated heterocycles. The standard InChI is InChI=1S/C17H32OSi/c1-3-9-15(10-4-1)19(16-11-5-2-6-12-16)17-13-7-8-14-18-17/h15-17,19H,1-14H2. The van der Waals surface area contributed by atoms with E-state index in [1.165, 1.54) is 57.8 Å². The molecule has 0 radical (unpaired) electrons. The van der Waals surface area contributed by atoms with Crippen molar-refractivity contribution >= 4 is 8.80 Å². The van der Waals surface area contributed by atoms with E-state index in [4.69, 9.17) is 4.74 Å². The monoisotopic (exact) mass is 280 g/mol. The summed E-state index contributed by atoms with van der Waals surface area (Å²) in [6.45, 7) is 1.08. The van der Waals surface area contributed by atoms with Crippen molar-refractivity contribution in [3.8, 4) is 0 Å². The topological polar surface area (TPSA) is 9.23 Å². The first-order valence-electron chi connectivity index (χ1n) is 9.07.